The Morgan fingerprint density at radius 2 is 1.90 bits per heavy atom. The number of aromatic nitrogens is 1. The second kappa shape index (κ2) is 9.62. The standard InChI is InChI=1S/C22H27N3O4/c1-16(17-6-8-18(9-7-17)20(26)28-2)25-21(27)22(10-13-29-14-11-22)24-15-19-5-3-4-12-23-19/h3-9,12,16,24H,10-11,13-15H2,1-2H3,(H,25,27)/t16-/m0/s1. The van der Waals surface area contributed by atoms with E-state index in [1.165, 1.54) is 7.11 Å². The van der Waals surface area contributed by atoms with Crippen molar-refractivity contribution in [3.63, 3.8) is 0 Å². The number of nitrogens with one attached hydrogen (secondary N) is 2. The molecule has 1 fully saturated rings. The minimum atomic E-state index is -0.698. The highest BCUT2D eigenvalue weighted by Gasteiger charge is 2.40. The van der Waals surface area contributed by atoms with Crippen LogP contribution in [0.25, 0.3) is 0 Å². The van der Waals surface area contributed by atoms with Crippen molar-refractivity contribution in [1.82, 2.24) is 15.6 Å². The van der Waals surface area contributed by atoms with Crippen LogP contribution in [-0.4, -0.2) is 42.7 Å². The van der Waals surface area contributed by atoms with Crippen molar-refractivity contribution in [1.29, 1.82) is 0 Å². The summed E-state index contributed by atoms with van der Waals surface area (Å²) in [5, 5.41) is 6.54. The van der Waals surface area contributed by atoms with Gasteiger partial charge in [0.25, 0.3) is 0 Å². The van der Waals surface area contributed by atoms with Crippen LogP contribution in [0.5, 0.6) is 0 Å². The fraction of sp³-hybridized carbons (Fsp3) is 0.409. The van der Waals surface area contributed by atoms with Gasteiger partial charge in [0.15, 0.2) is 0 Å². The summed E-state index contributed by atoms with van der Waals surface area (Å²) in [6, 6.07) is 12.6. The first-order chi connectivity index (χ1) is 14.0. The molecule has 0 bridgehead atoms. The molecule has 1 amide bonds. The molecule has 0 saturated carbocycles. The molecular formula is C22H27N3O4. The first-order valence-electron chi connectivity index (χ1n) is 9.76. The fourth-order valence-corrected chi connectivity index (χ4v) is 3.41. The molecule has 0 aliphatic carbocycles. The fourth-order valence-electron chi connectivity index (χ4n) is 3.41. The highest BCUT2D eigenvalue weighted by Crippen LogP contribution is 2.24. The third-order valence-electron chi connectivity index (χ3n) is 5.29. The summed E-state index contributed by atoms with van der Waals surface area (Å²) < 4.78 is 10.2. The molecule has 1 saturated heterocycles. The minimum absolute atomic E-state index is 0.0544. The summed E-state index contributed by atoms with van der Waals surface area (Å²) in [6.07, 6.45) is 2.94. The van der Waals surface area contributed by atoms with E-state index in [2.05, 4.69) is 15.6 Å². The van der Waals surface area contributed by atoms with Gasteiger partial charge in [0.05, 0.1) is 24.4 Å². The normalized spacial score (nSPS) is 16.6. The average molecular weight is 397 g/mol. The molecule has 1 aliphatic heterocycles. The Labute approximate surface area is 170 Å². The molecule has 1 atom stereocenters. The Kier molecular flexibility index (Phi) is 6.95. The van der Waals surface area contributed by atoms with E-state index in [4.69, 9.17) is 9.47 Å². The lowest BCUT2D eigenvalue weighted by molar-refractivity contribution is -0.132. The summed E-state index contributed by atoms with van der Waals surface area (Å²) in [7, 11) is 1.35. The monoisotopic (exact) mass is 397 g/mol. The van der Waals surface area contributed by atoms with Crippen molar-refractivity contribution in [2.75, 3.05) is 20.3 Å². The zero-order valence-corrected chi connectivity index (χ0v) is 16.8. The summed E-state index contributed by atoms with van der Waals surface area (Å²) in [6.45, 7) is 3.50. The lowest BCUT2D eigenvalue weighted by Crippen LogP contribution is -2.59. The van der Waals surface area contributed by atoms with Gasteiger partial charge in [-0.25, -0.2) is 4.79 Å². The zero-order chi connectivity index (χ0) is 20.7. The van der Waals surface area contributed by atoms with Crippen LogP contribution in [0.15, 0.2) is 48.7 Å². The molecule has 29 heavy (non-hydrogen) atoms. The van der Waals surface area contributed by atoms with Crippen LogP contribution in [0.1, 0.15) is 47.4 Å². The van der Waals surface area contributed by atoms with Crippen LogP contribution in [0.3, 0.4) is 0 Å². The second-order valence-electron chi connectivity index (χ2n) is 7.18. The number of carbonyl (C=O) groups is 2. The van der Waals surface area contributed by atoms with Gasteiger partial charge in [0, 0.05) is 26.0 Å². The Balaban J connectivity index is 1.68. The highest BCUT2D eigenvalue weighted by molar-refractivity contribution is 5.89. The van der Waals surface area contributed by atoms with E-state index in [0.29, 0.717) is 38.2 Å². The van der Waals surface area contributed by atoms with Gasteiger partial charge in [-0.3, -0.25) is 15.1 Å². The number of amides is 1. The zero-order valence-electron chi connectivity index (χ0n) is 16.8. The number of methoxy groups -OCH3 is 1. The first kappa shape index (κ1) is 21.0. The molecule has 154 valence electrons. The van der Waals surface area contributed by atoms with Crippen LogP contribution in [0, 0.1) is 0 Å². The molecule has 3 rings (SSSR count). The number of hydrogen-bond donors (Lipinski definition) is 2. The largest absolute Gasteiger partial charge is 0.465 e. The molecule has 2 heterocycles. The number of carbonyl (C=O) groups excluding carboxylic acids is 2. The Morgan fingerprint density at radius 3 is 2.52 bits per heavy atom. The minimum Gasteiger partial charge on any atom is -0.465 e. The van der Waals surface area contributed by atoms with Gasteiger partial charge in [-0.2, -0.15) is 0 Å². The van der Waals surface area contributed by atoms with E-state index in [9.17, 15) is 9.59 Å². The van der Waals surface area contributed by atoms with Crippen molar-refractivity contribution in [3.8, 4) is 0 Å². The van der Waals surface area contributed by atoms with E-state index < -0.39 is 5.54 Å². The molecule has 7 nitrogen and oxygen atoms in total. The van der Waals surface area contributed by atoms with Crippen LogP contribution in [0.4, 0.5) is 0 Å². The number of esters is 1. The van der Waals surface area contributed by atoms with Crippen molar-refractivity contribution in [3.05, 3.63) is 65.5 Å². The molecule has 0 radical (unpaired) electrons. The van der Waals surface area contributed by atoms with E-state index in [0.717, 1.165) is 11.3 Å². The van der Waals surface area contributed by atoms with Crippen molar-refractivity contribution >= 4 is 11.9 Å². The number of hydrogen-bond acceptors (Lipinski definition) is 6. The van der Waals surface area contributed by atoms with Crippen molar-refractivity contribution < 1.29 is 19.1 Å². The predicted molar refractivity (Wildman–Crippen MR) is 108 cm³/mol. The van der Waals surface area contributed by atoms with Crippen LogP contribution >= 0.6 is 0 Å². The number of rotatable bonds is 7. The number of pyridine rings is 1. The molecule has 1 aromatic heterocycles. The number of benzene rings is 1. The second-order valence-corrected chi connectivity index (χ2v) is 7.18. The van der Waals surface area contributed by atoms with E-state index in [1.54, 1.807) is 18.3 Å². The average Bonchev–Trinajstić information content (AvgIpc) is 2.78. The van der Waals surface area contributed by atoms with E-state index >= 15 is 0 Å². The summed E-state index contributed by atoms with van der Waals surface area (Å²) >= 11 is 0. The molecule has 1 aromatic carbocycles. The summed E-state index contributed by atoms with van der Waals surface area (Å²) in [5.41, 5.74) is 1.58. The summed E-state index contributed by atoms with van der Waals surface area (Å²) in [5.74, 6) is -0.436. The molecule has 2 aromatic rings. The highest BCUT2D eigenvalue weighted by atomic mass is 16.5. The molecule has 7 heteroatoms. The Hall–Kier alpha value is -2.77. The van der Waals surface area contributed by atoms with Gasteiger partial charge in [0.1, 0.15) is 5.54 Å². The quantitative estimate of drug-likeness (QED) is 0.698. The van der Waals surface area contributed by atoms with Crippen LogP contribution < -0.4 is 10.6 Å². The van der Waals surface area contributed by atoms with Gasteiger partial charge in [-0.1, -0.05) is 18.2 Å². The van der Waals surface area contributed by atoms with Gasteiger partial charge in [0.2, 0.25) is 5.91 Å². The first-order valence-corrected chi connectivity index (χ1v) is 9.76. The smallest absolute Gasteiger partial charge is 0.337 e. The third-order valence-corrected chi connectivity index (χ3v) is 5.29. The molecule has 0 unspecified atom stereocenters. The topological polar surface area (TPSA) is 89.5 Å². The SMILES string of the molecule is COC(=O)c1ccc([C@H](C)NC(=O)C2(NCc3ccccn3)CCOCC2)cc1. The molecule has 2 N–H and O–H groups in total. The van der Waals surface area contributed by atoms with E-state index in [-0.39, 0.29) is 17.9 Å². The van der Waals surface area contributed by atoms with E-state index in [1.807, 2.05) is 37.3 Å². The van der Waals surface area contributed by atoms with Gasteiger partial charge < -0.3 is 14.8 Å². The van der Waals surface area contributed by atoms with Crippen LogP contribution in [-0.2, 0) is 20.8 Å². The third kappa shape index (κ3) is 5.19. The number of ether oxygens (including phenoxy) is 2. The lowest BCUT2D eigenvalue weighted by Gasteiger charge is -2.37. The maximum absolute atomic E-state index is 13.2. The predicted octanol–water partition coefficient (Wildman–Crippen LogP) is 2.38. The Bertz CT molecular complexity index is 818. The maximum atomic E-state index is 13.2. The molecular weight excluding hydrogens is 370 g/mol. The molecule has 0 spiro atoms. The Morgan fingerprint density at radius 1 is 1.17 bits per heavy atom. The van der Waals surface area contributed by atoms with Gasteiger partial charge in [-0.05, 0) is 49.6 Å². The molecule has 1 aliphatic rings. The summed E-state index contributed by atoms with van der Waals surface area (Å²) in [4.78, 5) is 29.1. The van der Waals surface area contributed by atoms with Crippen molar-refractivity contribution in [2.24, 2.45) is 0 Å². The number of nitrogens with zero attached hydrogens (tertiary/aromatic N) is 1. The lowest BCUT2D eigenvalue weighted by atomic mass is 9.88. The van der Waals surface area contributed by atoms with Crippen LogP contribution in [0.2, 0.25) is 0 Å². The van der Waals surface area contributed by atoms with Crippen molar-refractivity contribution in [2.45, 2.75) is 37.9 Å². The van der Waals surface area contributed by atoms with Gasteiger partial charge in [-0.15, -0.1) is 0 Å². The van der Waals surface area contributed by atoms with Gasteiger partial charge >= 0.3 is 5.97 Å². The maximum Gasteiger partial charge on any atom is 0.337 e.